The van der Waals surface area contributed by atoms with Gasteiger partial charge < -0.3 is 5.32 Å². The normalized spacial score (nSPS) is 11.4. The van der Waals surface area contributed by atoms with Gasteiger partial charge in [-0.1, -0.05) is 24.3 Å². The van der Waals surface area contributed by atoms with Gasteiger partial charge in [0.05, 0.1) is 0 Å². The molecule has 1 aromatic carbocycles. The Morgan fingerprint density at radius 1 is 1.26 bits per heavy atom. The molecule has 0 saturated heterocycles. The van der Waals surface area contributed by atoms with Crippen molar-refractivity contribution in [1.29, 1.82) is 0 Å². The Morgan fingerprint density at radius 2 is 1.96 bits per heavy atom. The van der Waals surface area contributed by atoms with Crippen molar-refractivity contribution in [2.75, 3.05) is 0 Å². The molecule has 0 aliphatic carbocycles. The zero-order valence-corrected chi connectivity index (χ0v) is 15.7. The number of nitrogens with zero attached hydrogens (tertiary/aromatic N) is 2. The van der Waals surface area contributed by atoms with Gasteiger partial charge in [-0.2, -0.15) is 0 Å². The van der Waals surface area contributed by atoms with Gasteiger partial charge in [0.1, 0.15) is 15.5 Å². The highest BCUT2D eigenvalue weighted by atomic mass is 32.1. The van der Waals surface area contributed by atoms with Crippen molar-refractivity contribution >= 4 is 22.1 Å². The smallest absolute Gasteiger partial charge is 0.336 e. The maximum absolute atomic E-state index is 12.9. The van der Waals surface area contributed by atoms with E-state index >= 15 is 0 Å². The molecule has 0 spiro atoms. The average molecular weight is 387 g/mol. The van der Waals surface area contributed by atoms with E-state index in [-0.39, 0.29) is 30.4 Å². The lowest BCUT2D eigenvalue weighted by Crippen LogP contribution is -2.37. The maximum atomic E-state index is 12.9. The van der Waals surface area contributed by atoms with Gasteiger partial charge in [-0.3, -0.25) is 18.6 Å². The summed E-state index contributed by atoms with van der Waals surface area (Å²) in [5, 5.41) is 2.74. The number of carbonyl (C=O) groups excluding carboxylic acids is 1. The van der Waals surface area contributed by atoms with Crippen LogP contribution in [0, 0.1) is 12.7 Å². The SMILES string of the molecule is C/C=C/Cn1c(=O)c(C)c2sc(C(=O)NCc3ccc(F)cc3)cn2c1=O. The number of benzene rings is 1. The molecule has 3 rings (SSSR count). The number of amides is 1. The van der Waals surface area contributed by atoms with E-state index in [1.807, 2.05) is 6.92 Å². The van der Waals surface area contributed by atoms with Gasteiger partial charge in [0.25, 0.3) is 11.5 Å². The number of hydrogen-bond donors (Lipinski definition) is 1. The van der Waals surface area contributed by atoms with Gasteiger partial charge in [0.2, 0.25) is 0 Å². The molecule has 0 saturated carbocycles. The summed E-state index contributed by atoms with van der Waals surface area (Å²) in [6, 6.07) is 5.82. The Balaban J connectivity index is 1.91. The van der Waals surface area contributed by atoms with Crippen LogP contribution in [0.15, 0.2) is 52.2 Å². The summed E-state index contributed by atoms with van der Waals surface area (Å²) >= 11 is 1.09. The van der Waals surface area contributed by atoms with Crippen LogP contribution in [-0.2, 0) is 13.1 Å². The fourth-order valence-corrected chi connectivity index (χ4v) is 3.62. The second-order valence-corrected chi connectivity index (χ2v) is 7.00. The van der Waals surface area contributed by atoms with Crippen LogP contribution in [0.2, 0.25) is 0 Å². The predicted octanol–water partition coefficient (Wildman–Crippen LogP) is 2.48. The summed E-state index contributed by atoms with van der Waals surface area (Å²) in [7, 11) is 0. The van der Waals surface area contributed by atoms with E-state index in [0.717, 1.165) is 21.5 Å². The first-order chi connectivity index (χ1) is 12.9. The highest BCUT2D eigenvalue weighted by molar-refractivity contribution is 7.19. The van der Waals surface area contributed by atoms with E-state index < -0.39 is 5.69 Å². The topological polar surface area (TPSA) is 72.6 Å². The van der Waals surface area contributed by atoms with Crippen LogP contribution in [0.25, 0.3) is 4.83 Å². The number of nitrogens with one attached hydrogen (secondary N) is 1. The third kappa shape index (κ3) is 3.75. The zero-order valence-electron chi connectivity index (χ0n) is 14.9. The molecule has 0 unspecified atom stereocenters. The summed E-state index contributed by atoms with van der Waals surface area (Å²) in [4.78, 5) is 38.2. The number of aryl methyl sites for hydroxylation is 1. The number of aromatic nitrogens is 2. The van der Waals surface area contributed by atoms with Crippen molar-refractivity contribution in [2.45, 2.75) is 26.9 Å². The third-order valence-corrected chi connectivity index (χ3v) is 5.32. The summed E-state index contributed by atoms with van der Waals surface area (Å²) in [5.41, 5.74) is 0.331. The van der Waals surface area contributed by atoms with Gasteiger partial charge in [0.15, 0.2) is 0 Å². The van der Waals surface area contributed by atoms with Gasteiger partial charge in [-0.15, -0.1) is 11.3 Å². The molecule has 0 atom stereocenters. The Bertz CT molecular complexity index is 1140. The summed E-state index contributed by atoms with van der Waals surface area (Å²) in [5.74, 6) is -0.705. The first-order valence-corrected chi connectivity index (χ1v) is 9.13. The van der Waals surface area contributed by atoms with Gasteiger partial charge in [-0.25, -0.2) is 9.18 Å². The van der Waals surface area contributed by atoms with Crippen LogP contribution in [0.3, 0.4) is 0 Å². The molecule has 3 aromatic rings. The number of rotatable bonds is 5. The van der Waals surface area contributed by atoms with Gasteiger partial charge in [-0.05, 0) is 31.5 Å². The molecule has 2 heterocycles. The Morgan fingerprint density at radius 3 is 2.63 bits per heavy atom. The largest absolute Gasteiger partial charge is 0.347 e. The van der Waals surface area contributed by atoms with Gasteiger partial charge in [0, 0.05) is 24.8 Å². The van der Waals surface area contributed by atoms with Gasteiger partial charge >= 0.3 is 5.69 Å². The molecule has 8 heteroatoms. The average Bonchev–Trinajstić information content (AvgIpc) is 3.11. The molecule has 0 aliphatic heterocycles. The maximum Gasteiger partial charge on any atom is 0.336 e. The van der Waals surface area contributed by atoms with Crippen molar-refractivity contribution in [3.05, 3.63) is 85.3 Å². The molecule has 0 aliphatic rings. The Hall–Kier alpha value is -3.00. The fourth-order valence-electron chi connectivity index (χ4n) is 2.61. The summed E-state index contributed by atoms with van der Waals surface area (Å²) in [6.07, 6.45) is 4.93. The van der Waals surface area contributed by atoms with E-state index in [2.05, 4.69) is 5.32 Å². The van der Waals surface area contributed by atoms with Crippen molar-refractivity contribution in [3.8, 4) is 0 Å². The number of fused-ring (bicyclic) bond motifs is 1. The minimum Gasteiger partial charge on any atom is -0.347 e. The third-order valence-electron chi connectivity index (χ3n) is 4.11. The lowest BCUT2D eigenvalue weighted by atomic mass is 10.2. The molecule has 1 N–H and O–H groups in total. The Labute approximate surface area is 158 Å². The van der Waals surface area contributed by atoms with Crippen LogP contribution >= 0.6 is 11.3 Å². The van der Waals surface area contributed by atoms with E-state index in [0.29, 0.717) is 15.3 Å². The zero-order chi connectivity index (χ0) is 19.6. The fraction of sp³-hybridized carbons (Fsp3) is 0.211. The number of allylic oxidation sites excluding steroid dienone is 2. The molecular formula is C19H18FN3O3S. The van der Waals surface area contributed by atoms with Crippen molar-refractivity contribution in [1.82, 2.24) is 14.3 Å². The second-order valence-electron chi connectivity index (χ2n) is 5.97. The number of hydrogen-bond acceptors (Lipinski definition) is 4. The van der Waals surface area contributed by atoms with Crippen molar-refractivity contribution in [3.63, 3.8) is 0 Å². The predicted molar refractivity (Wildman–Crippen MR) is 103 cm³/mol. The molecule has 6 nitrogen and oxygen atoms in total. The molecule has 1 amide bonds. The highest BCUT2D eigenvalue weighted by Gasteiger charge is 2.17. The monoisotopic (exact) mass is 387 g/mol. The van der Waals surface area contributed by atoms with Crippen molar-refractivity contribution < 1.29 is 9.18 Å². The van der Waals surface area contributed by atoms with Crippen LogP contribution < -0.4 is 16.6 Å². The molecule has 140 valence electrons. The minimum atomic E-state index is -0.479. The summed E-state index contributed by atoms with van der Waals surface area (Å²) in [6.45, 7) is 3.86. The quantitative estimate of drug-likeness (QED) is 0.684. The standard InChI is InChI=1S/C19H18FN3O3S/c1-3-4-9-22-17(25)12(2)18-23(19(22)26)11-15(27-18)16(24)21-10-13-5-7-14(20)8-6-13/h3-8,11H,9-10H2,1-2H3,(H,21,24)/b4-3+. The molecular weight excluding hydrogens is 369 g/mol. The van der Waals surface area contributed by atoms with Crippen LogP contribution in [0.4, 0.5) is 4.39 Å². The highest BCUT2D eigenvalue weighted by Crippen LogP contribution is 2.18. The lowest BCUT2D eigenvalue weighted by molar-refractivity contribution is 0.0954. The van der Waals surface area contributed by atoms with Crippen LogP contribution in [0.1, 0.15) is 27.7 Å². The molecule has 27 heavy (non-hydrogen) atoms. The van der Waals surface area contributed by atoms with E-state index in [1.165, 1.54) is 22.7 Å². The number of thiazole rings is 1. The molecule has 0 bridgehead atoms. The first kappa shape index (κ1) is 18.8. The summed E-state index contributed by atoms with van der Waals surface area (Å²) < 4.78 is 15.4. The Kier molecular flexibility index (Phi) is 5.36. The number of halogens is 1. The lowest BCUT2D eigenvalue weighted by Gasteiger charge is -2.04. The molecule has 2 aromatic heterocycles. The van der Waals surface area contributed by atoms with E-state index in [1.54, 1.807) is 31.2 Å². The van der Waals surface area contributed by atoms with Crippen LogP contribution in [0.5, 0.6) is 0 Å². The second kappa shape index (κ2) is 7.71. The van der Waals surface area contributed by atoms with E-state index in [4.69, 9.17) is 0 Å². The number of carbonyl (C=O) groups is 1. The van der Waals surface area contributed by atoms with Crippen LogP contribution in [-0.4, -0.2) is 14.9 Å². The molecule has 0 radical (unpaired) electrons. The first-order valence-electron chi connectivity index (χ1n) is 8.31. The molecule has 0 fully saturated rings. The van der Waals surface area contributed by atoms with E-state index in [9.17, 15) is 18.8 Å². The minimum absolute atomic E-state index is 0.180. The van der Waals surface area contributed by atoms with Crippen molar-refractivity contribution in [2.24, 2.45) is 0 Å².